The van der Waals surface area contributed by atoms with Gasteiger partial charge in [-0.25, -0.2) is 4.79 Å². The first-order valence-corrected chi connectivity index (χ1v) is 11.2. The van der Waals surface area contributed by atoms with Crippen molar-refractivity contribution in [3.8, 4) is 0 Å². The van der Waals surface area contributed by atoms with Gasteiger partial charge in [0.2, 0.25) is 0 Å². The summed E-state index contributed by atoms with van der Waals surface area (Å²) in [6.45, 7) is 6.76. The molecule has 18 heavy (non-hydrogen) atoms. The van der Waals surface area contributed by atoms with Crippen molar-refractivity contribution >= 4 is 24.4 Å². The van der Waals surface area contributed by atoms with Gasteiger partial charge in [-0.3, -0.25) is 0 Å². The van der Waals surface area contributed by atoms with E-state index in [2.05, 4.69) is 13.1 Å². The fourth-order valence-electron chi connectivity index (χ4n) is 1.71. The standard InChI is InChI=1S/C14H27ClO2Si/c1-4-11-14(16)17-12-9-7-5-6-8-10-13-18(2,3)15/h4,11H,5-10,12-13H2,1-3H3. The third kappa shape index (κ3) is 13.8. The normalized spacial score (nSPS) is 12.0. The van der Waals surface area contributed by atoms with Crippen LogP contribution in [0.25, 0.3) is 0 Å². The number of hydrogen-bond acceptors (Lipinski definition) is 2. The highest BCUT2D eigenvalue weighted by Gasteiger charge is 2.15. The Bertz CT molecular complexity index is 247. The summed E-state index contributed by atoms with van der Waals surface area (Å²) in [6.07, 6.45) is 10.3. The molecule has 0 N–H and O–H groups in total. The van der Waals surface area contributed by atoms with Crippen molar-refractivity contribution < 1.29 is 9.53 Å². The van der Waals surface area contributed by atoms with Crippen molar-refractivity contribution in [2.24, 2.45) is 0 Å². The molecule has 0 saturated carbocycles. The summed E-state index contributed by atoms with van der Waals surface area (Å²) in [5.41, 5.74) is 0. The zero-order valence-corrected chi connectivity index (χ0v) is 13.8. The quantitative estimate of drug-likeness (QED) is 0.188. The second-order valence-electron chi connectivity index (χ2n) is 5.26. The second-order valence-corrected chi connectivity index (χ2v) is 12.3. The van der Waals surface area contributed by atoms with E-state index in [1.807, 2.05) is 6.92 Å². The maximum absolute atomic E-state index is 11.0. The van der Waals surface area contributed by atoms with Crippen molar-refractivity contribution in [2.75, 3.05) is 6.61 Å². The van der Waals surface area contributed by atoms with Gasteiger partial charge in [-0.1, -0.05) is 51.3 Å². The molecule has 0 rings (SSSR count). The van der Waals surface area contributed by atoms with Gasteiger partial charge in [0.05, 0.1) is 6.61 Å². The van der Waals surface area contributed by atoms with Gasteiger partial charge in [0.1, 0.15) is 7.38 Å². The lowest BCUT2D eigenvalue weighted by atomic mass is 10.1. The molecular formula is C14H27ClO2Si. The monoisotopic (exact) mass is 290 g/mol. The summed E-state index contributed by atoms with van der Waals surface area (Å²) in [5, 5.41) is 0. The first-order chi connectivity index (χ1) is 8.45. The third-order valence-corrected chi connectivity index (χ3v) is 4.82. The van der Waals surface area contributed by atoms with Gasteiger partial charge in [0, 0.05) is 6.08 Å². The van der Waals surface area contributed by atoms with Crippen LogP contribution in [-0.2, 0) is 9.53 Å². The summed E-state index contributed by atoms with van der Waals surface area (Å²) in [5.74, 6) is -0.230. The minimum atomic E-state index is -1.35. The molecule has 0 atom stereocenters. The van der Waals surface area contributed by atoms with E-state index in [1.54, 1.807) is 6.08 Å². The van der Waals surface area contributed by atoms with E-state index in [0.29, 0.717) is 6.61 Å². The largest absolute Gasteiger partial charge is 0.463 e. The van der Waals surface area contributed by atoms with Crippen LogP contribution in [0.15, 0.2) is 12.2 Å². The number of esters is 1. The SMILES string of the molecule is CC=CC(=O)OCCCCCCCC[Si](C)(C)Cl. The Labute approximate surface area is 117 Å². The van der Waals surface area contributed by atoms with Crippen molar-refractivity contribution in [3.63, 3.8) is 0 Å². The number of allylic oxidation sites excluding steroid dienone is 1. The molecule has 2 nitrogen and oxygen atoms in total. The Morgan fingerprint density at radius 1 is 1.11 bits per heavy atom. The molecule has 0 fully saturated rings. The van der Waals surface area contributed by atoms with Crippen LogP contribution < -0.4 is 0 Å². The Morgan fingerprint density at radius 2 is 1.67 bits per heavy atom. The number of carbonyl (C=O) groups excluding carboxylic acids is 1. The Balaban J connectivity index is 3.19. The van der Waals surface area contributed by atoms with Crippen LogP contribution in [-0.4, -0.2) is 20.0 Å². The van der Waals surface area contributed by atoms with Gasteiger partial charge in [-0.05, 0) is 19.4 Å². The number of ether oxygens (including phenoxy) is 1. The van der Waals surface area contributed by atoms with Crippen molar-refractivity contribution in [2.45, 2.75) is 64.6 Å². The molecule has 0 radical (unpaired) electrons. The first kappa shape index (κ1) is 17.7. The summed E-state index contributed by atoms with van der Waals surface area (Å²) < 4.78 is 5.02. The summed E-state index contributed by atoms with van der Waals surface area (Å²) in [7, 11) is -1.35. The average Bonchev–Trinajstić information content (AvgIpc) is 2.25. The van der Waals surface area contributed by atoms with E-state index in [4.69, 9.17) is 15.8 Å². The van der Waals surface area contributed by atoms with E-state index in [-0.39, 0.29) is 5.97 Å². The lowest BCUT2D eigenvalue weighted by molar-refractivity contribution is -0.137. The van der Waals surface area contributed by atoms with E-state index in [1.165, 1.54) is 37.8 Å². The molecule has 0 aromatic heterocycles. The summed E-state index contributed by atoms with van der Waals surface area (Å²) in [6, 6.07) is 1.22. The highest BCUT2D eigenvalue weighted by atomic mass is 35.6. The van der Waals surface area contributed by atoms with Crippen LogP contribution in [0.5, 0.6) is 0 Å². The summed E-state index contributed by atoms with van der Waals surface area (Å²) in [4.78, 5) is 11.0. The molecule has 0 aliphatic carbocycles. The number of hydrogen-bond donors (Lipinski definition) is 0. The first-order valence-electron chi connectivity index (χ1n) is 6.94. The van der Waals surface area contributed by atoms with E-state index < -0.39 is 7.38 Å². The maximum atomic E-state index is 11.0. The number of halogens is 1. The molecule has 0 unspecified atom stereocenters. The average molecular weight is 291 g/mol. The van der Waals surface area contributed by atoms with Gasteiger partial charge in [0.25, 0.3) is 0 Å². The van der Waals surface area contributed by atoms with E-state index in [0.717, 1.165) is 12.8 Å². The highest BCUT2D eigenvalue weighted by molar-refractivity contribution is 7.19. The fourth-order valence-corrected chi connectivity index (χ4v) is 3.20. The number of carbonyl (C=O) groups is 1. The van der Waals surface area contributed by atoms with Gasteiger partial charge in [0.15, 0.2) is 0 Å². The predicted molar refractivity (Wildman–Crippen MR) is 81.6 cm³/mol. The van der Waals surface area contributed by atoms with Crippen LogP contribution in [0.3, 0.4) is 0 Å². The smallest absolute Gasteiger partial charge is 0.330 e. The lowest BCUT2D eigenvalue weighted by Crippen LogP contribution is -2.14. The maximum Gasteiger partial charge on any atom is 0.330 e. The van der Waals surface area contributed by atoms with Gasteiger partial charge >= 0.3 is 5.97 Å². The van der Waals surface area contributed by atoms with Crippen LogP contribution in [0, 0.1) is 0 Å². The topological polar surface area (TPSA) is 26.3 Å². The second kappa shape index (κ2) is 10.6. The van der Waals surface area contributed by atoms with Gasteiger partial charge in [-0.15, -0.1) is 0 Å². The van der Waals surface area contributed by atoms with Crippen molar-refractivity contribution in [1.82, 2.24) is 0 Å². The minimum Gasteiger partial charge on any atom is -0.463 e. The predicted octanol–water partition coefficient (Wildman–Crippen LogP) is 4.89. The van der Waals surface area contributed by atoms with Crippen LogP contribution >= 0.6 is 11.1 Å². The van der Waals surface area contributed by atoms with Crippen LogP contribution in [0.1, 0.15) is 45.4 Å². The molecular weight excluding hydrogens is 264 g/mol. The molecule has 0 amide bonds. The number of rotatable bonds is 10. The molecule has 0 aliphatic rings. The Hall–Kier alpha value is -0.283. The van der Waals surface area contributed by atoms with Gasteiger partial charge < -0.3 is 4.74 Å². The minimum absolute atomic E-state index is 0.230. The molecule has 0 aromatic rings. The van der Waals surface area contributed by atoms with E-state index >= 15 is 0 Å². The van der Waals surface area contributed by atoms with Crippen LogP contribution in [0.2, 0.25) is 19.1 Å². The molecule has 0 aromatic carbocycles. The summed E-state index contributed by atoms with van der Waals surface area (Å²) >= 11 is 6.25. The van der Waals surface area contributed by atoms with Crippen molar-refractivity contribution in [1.29, 1.82) is 0 Å². The van der Waals surface area contributed by atoms with Crippen molar-refractivity contribution in [3.05, 3.63) is 12.2 Å². The zero-order chi connectivity index (χ0) is 13.9. The number of unbranched alkanes of at least 4 members (excludes halogenated alkanes) is 5. The Kier molecular flexibility index (Phi) is 10.5. The Morgan fingerprint density at radius 3 is 2.22 bits per heavy atom. The molecule has 0 spiro atoms. The molecule has 0 saturated heterocycles. The molecule has 0 aliphatic heterocycles. The fraction of sp³-hybridized carbons (Fsp3) is 0.786. The highest BCUT2D eigenvalue weighted by Crippen LogP contribution is 2.19. The van der Waals surface area contributed by atoms with E-state index in [9.17, 15) is 4.79 Å². The molecule has 4 heteroatoms. The zero-order valence-electron chi connectivity index (χ0n) is 12.0. The third-order valence-electron chi connectivity index (χ3n) is 2.71. The van der Waals surface area contributed by atoms with Gasteiger partial charge in [-0.2, -0.15) is 11.1 Å². The molecule has 0 heterocycles. The lowest BCUT2D eigenvalue weighted by Gasteiger charge is -2.11. The van der Waals surface area contributed by atoms with Crippen LogP contribution in [0.4, 0.5) is 0 Å². The molecule has 0 bridgehead atoms. The molecule has 106 valence electrons.